The molecule has 148 valence electrons. The molecule has 2 heterocycles. The molecular weight excluding hydrogens is 414 g/mol. The number of hydrogen-bond acceptors (Lipinski definition) is 5. The van der Waals surface area contributed by atoms with Gasteiger partial charge >= 0.3 is 11.9 Å². The quantitative estimate of drug-likeness (QED) is 0.375. The maximum Gasteiger partial charge on any atom is 0.345 e. The second kappa shape index (κ2) is 7.50. The molecule has 8 heteroatoms. The van der Waals surface area contributed by atoms with E-state index in [0.29, 0.717) is 28.7 Å². The Kier molecular flexibility index (Phi) is 5.02. The van der Waals surface area contributed by atoms with Crippen LogP contribution < -0.4 is 9.64 Å². The molecule has 0 unspecified atom stereocenters. The van der Waals surface area contributed by atoms with Crippen molar-refractivity contribution in [2.45, 2.75) is 12.8 Å². The minimum absolute atomic E-state index is 0.0919. The summed E-state index contributed by atoms with van der Waals surface area (Å²) < 4.78 is 5.41. The third kappa shape index (κ3) is 3.36. The molecule has 0 aliphatic carbocycles. The lowest BCUT2D eigenvalue weighted by molar-refractivity contribution is -0.131. The van der Waals surface area contributed by atoms with Gasteiger partial charge in [-0.15, -0.1) is 22.9 Å². The average Bonchev–Trinajstić information content (AvgIpc) is 3.32. The Morgan fingerprint density at radius 1 is 1.17 bits per heavy atom. The van der Waals surface area contributed by atoms with E-state index >= 15 is 0 Å². The Bertz CT molecular complexity index is 1160. The number of aromatic carboxylic acids is 1. The zero-order valence-corrected chi connectivity index (χ0v) is 16.9. The van der Waals surface area contributed by atoms with Crippen LogP contribution in [0.1, 0.15) is 37.7 Å². The highest BCUT2D eigenvalue weighted by molar-refractivity contribution is 7.16. The molecule has 1 aliphatic rings. The Morgan fingerprint density at radius 3 is 2.48 bits per heavy atom. The third-order valence-electron chi connectivity index (χ3n) is 4.84. The number of carboxylic acid groups (broad SMARTS) is 1. The Morgan fingerprint density at radius 2 is 1.86 bits per heavy atom. The molecule has 29 heavy (non-hydrogen) atoms. The van der Waals surface area contributed by atoms with E-state index in [1.807, 2.05) is 24.3 Å². The zero-order chi connectivity index (χ0) is 20.7. The zero-order valence-electron chi connectivity index (χ0n) is 15.3. The van der Waals surface area contributed by atoms with E-state index in [-0.39, 0.29) is 16.7 Å². The maximum absolute atomic E-state index is 13.2. The summed E-state index contributed by atoms with van der Waals surface area (Å²) in [6.07, 6.45) is 0. The van der Waals surface area contributed by atoms with Crippen molar-refractivity contribution < 1.29 is 24.2 Å². The number of hydrogen-bond donors (Lipinski definition) is 1. The molecule has 6 nitrogen and oxygen atoms in total. The number of anilines is 1. The van der Waals surface area contributed by atoms with E-state index in [4.69, 9.17) is 21.4 Å². The van der Waals surface area contributed by atoms with Crippen molar-refractivity contribution >= 4 is 57.2 Å². The monoisotopic (exact) mass is 429 g/mol. The fourth-order valence-electron chi connectivity index (χ4n) is 3.67. The minimum atomic E-state index is -1.07. The van der Waals surface area contributed by atoms with Gasteiger partial charge in [0.1, 0.15) is 10.6 Å². The molecular formula is C21H16ClNO5S. The summed E-state index contributed by atoms with van der Waals surface area (Å²) in [5.41, 5.74) is 1.55. The number of alkyl halides is 1. The third-order valence-corrected chi connectivity index (χ3v) is 6.27. The van der Waals surface area contributed by atoms with Gasteiger partial charge in [0.15, 0.2) is 0 Å². The first-order valence-electron chi connectivity index (χ1n) is 8.85. The van der Waals surface area contributed by atoms with Gasteiger partial charge in [0, 0.05) is 36.7 Å². The van der Waals surface area contributed by atoms with Crippen LogP contribution in [0.3, 0.4) is 0 Å². The number of halogens is 1. The lowest BCUT2D eigenvalue weighted by Gasteiger charge is -2.18. The number of thiophene rings is 1. The summed E-state index contributed by atoms with van der Waals surface area (Å²) in [6, 6.07) is 12.1. The molecule has 0 spiro atoms. The van der Waals surface area contributed by atoms with Gasteiger partial charge < -0.3 is 14.7 Å². The highest BCUT2D eigenvalue weighted by Crippen LogP contribution is 2.46. The number of benzene rings is 2. The first kappa shape index (κ1) is 19.4. The summed E-state index contributed by atoms with van der Waals surface area (Å²) >= 11 is 7.15. The Hall–Kier alpha value is -2.90. The first-order valence-corrected chi connectivity index (χ1v) is 10.2. The lowest BCUT2D eigenvalue weighted by Crippen LogP contribution is -2.29. The smallest absolute Gasteiger partial charge is 0.345 e. The predicted octanol–water partition coefficient (Wildman–Crippen LogP) is 4.51. The van der Waals surface area contributed by atoms with E-state index < -0.39 is 11.9 Å². The van der Waals surface area contributed by atoms with Crippen molar-refractivity contribution in [1.29, 1.82) is 0 Å². The van der Waals surface area contributed by atoms with Crippen molar-refractivity contribution in [2.24, 2.45) is 0 Å². The van der Waals surface area contributed by atoms with E-state index in [1.165, 1.54) is 19.1 Å². The molecule has 1 amide bonds. The number of rotatable bonds is 4. The highest BCUT2D eigenvalue weighted by atomic mass is 35.5. The number of amides is 1. The SMILES string of the molecule is CC(=O)Oc1cc2c(c3ccccc13)[C@H](CCl)CN2C(=O)c1ccc(C(=O)O)s1. The molecule has 2 aromatic carbocycles. The standard InChI is InChI=1S/C21H16ClNO5S/c1-11(24)28-16-8-15-19(14-5-3-2-4-13(14)16)12(9-22)10-23(15)20(25)17-6-7-18(29-17)21(26)27/h2-8,12H,9-10H2,1H3,(H,26,27)/t12-/m1/s1. The summed E-state index contributed by atoms with van der Waals surface area (Å²) in [7, 11) is 0. The summed E-state index contributed by atoms with van der Waals surface area (Å²) in [4.78, 5) is 37.9. The molecule has 0 saturated heterocycles. The van der Waals surface area contributed by atoms with Crippen LogP contribution in [0.15, 0.2) is 42.5 Å². The molecule has 0 bridgehead atoms. The van der Waals surface area contributed by atoms with Crippen molar-refractivity contribution in [3.05, 3.63) is 57.8 Å². The minimum Gasteiger partial charge on any atom is -0.477 e. The second-order valence-corrected chi connectivity index (χ2v) is 8.08. The summed E-state index contributed by atoms with van der Waals surface area (Å²) in [6.45, 7) is 1.69. The highest BCUT2D eigenvalue weighted by Gasteiger charge is 2.35. The van der Waals surface area contributed by atoms with E-state index in [1.54, 1.807) is 11.0 Å². The molecule has 0 fully saturated rings. The van der Waals surface area contributed by atoms with Gasteiger partial charge in [-0.1, -0.05) is 24.3 Å². The van der Waals surface area contributed by atoms with Crippen molar-refractivity contribution in [2.75, 3.05) is 17.3 Å². The van der Waals surface area contributed by atoms with Gasteiger partial charge in [0.2, 0.25) is 0 Å². The maximum atomic E-state index is 13.2. The number of esters is 1. The van der Waals surface area contributed by atoms with Crippen LogP contribution in [-0.2, 0) is 4.79 Å². The largest absolute Gasteiger partial charge is 0.477 e. The number of nitrogens with zero attached hydrogens (tertiary/aromatic N) is 1. The first-order chi connectivity index (χ1) is 13.9. The number of carbonyl (C=O) groups is 3. The van der Waals surface area contributed by atoms with Crippen molar-refractivity contribution in [3.63, 3.8) is 0 Å². The fraction of sp³-hybridized carbons (Fsp3) is 0.190. The number of carboxylic acids is 1. The predicted molar refractivity (Wildman–Crippen MR) is 112 cm³/mol. The van der Waals surface area contributed by atoms with Crippen LogP contribution in [0.2, 0.25) is 0 Å². The molecule has 1 atom stereocenters. The van der Waals surface area contributed by atoms with E-state index in [2.05, 4.69) is 0 Å². The number of ether oxygens (including phenoxy) is 1. The van der Waals surface area contributed by atoms with Gasteiger partial charge in [-0.3, -0.25) is 9.59 Å². The van der Waals surface area contributed by atoms with E-state index in [0.717, 1.165) is 27.7 Å². The number of fused-ring (bicyclic) bond motifs is 3. The Balaban J connectivity index is 1.86. The van der Waals surface area contributed by atoms with Crippen LogP contribution >= 0.6 is 22.9 Å². The van der Waals surface area contributed by atoms with Gasteiger partial charge in [-0.2, -0.15) is 0 Å². The molecule has 0 saturated carbocycles. The molecule has 1 N–H and O–H groups in total. The molecule has 3 aromatic rings. The fourth-order valence-corrected chi connectivity index (χ4v) is 4.72. The van der Waals surface area contributed by atoms with Crippen LogP contribution in [0.4, 0.5) is 5.69 Å². The molecule has 4 rings (SSSR count). The van der Waals surface area contributed by atoms with Crippen LogP contribution in [0.5, 0.6) is 5.75 Å². The molecule has 1 aromatic heterocycles. The second-order valence-electron chi connectivity index (χ2n) is 6.68. The molecule has 0 radical (unpaired) electrons. The molecule has 1 aliphatic heterocycles. The van der Waals surface area contributed by atoms with Crippen molar-refractivity contribution in [1.82, 2.24) is 0 Å². The normalized spacial score (nSPS) is 15.4. The summed E-state index contributed by atoms with van der Waals surface area (Å²) in [5, 5.41) is 10.8. The average molecular weight is 430 g/mol. The number of carbonyl (C=O) groups excluding carboxylic acids is 2. The topological polar surface area (TPSA) is 83.9 Å². The van der Waals surface area contributed by atoms with Crippen LogP contribution in [0, 0.1) is 0 Å². The van der Waals surface area contributed by atoms with Gasteiger partial charge in [-0.25, -0.2) is 4.79 Å². The van der Waals surface area contributed by atoms with Crippen molar-refractivity contribution in [3.8, 4) is 5.75 Å². The summed E-state index contributed by atoms with van der Waals surface area (Å²) in [5.74, 6) is -1.23. The van der Waals surface area contributed by atoms with Gasteiger partial charge in [-0.05, 0) is 23.1 Å². The van der Waals surface area contributed by atoms with Gasteiger partial charge in [0.05, 0.1) is 10.6 Å². The van der Waals surface area contributed by atoms with Crippen LogP contribution in [-0.4, -0.2) is 35.4 Å². The van der Waals surface area contributed by atoms with Crippen LogP contribution in [0.25, 0.3) is 10.8 Å². The van der Waals surface area contributed by atoms with E-state index in [9.17, 15) is 14.4 Å². The Labute approximate surface area is 175 Å². The lowest BCUT2D eigenvalue weighted by atomic mass is 9.95. The van der Waals surface area contributed by atoms with Gasteiger partial charge in [0.25, 0.3) is 5.91 Å².